The average molecular weight is 249 g/mol. The van der Waals surface area contributed by atoms with Gasteiger partial charge in [-0.05, 0) is 28.1 Å². The highest BCUT2D eigenvalue weighted by Crippen LogP contribution is 2.27. The molecule has 1 heterocycles. The fourth-order valence-corrected chi connectivity index (χ4v) is 2.27. The van der Waals surface area contributed by atoms with E-state index in [0.29, 0.717) is 0 Å². The van der Waals surface area contributed by atoms with Crippen molar-refractivity contribution in [3.8, 4) is 0 Å². The number of thiophene rings is 1. The number of amides is 1. The van der Waals surface area contributed by atoms with E-state index in [1.807, 2.05) is 12.1 Å². The van der Waals surface area contributed by atoms with Gasteiger partial charge in [-0.15, -0.1) is 11.3 Å². The van der Waals surface area contributed by atoms with E-state index in [4.69, 9.17) is 11.5 Å². The standard InChI is InChI=1S/C7H9BrN2OS/c8-6-2-1-5(12-6)4(9)3-7(10)11/h1-2,4H,3,9H2,(H2,10,11). The van der Waals surface area contributed by atoms with E-state index in [-0.39, 0.29) is 18.4 Å². The number of hydrogen-bond donors (Lipinski definition) is 2. The Morgan fingerprint density at radius 2 is 2.33 bits per heavy atom. The van der Waals surface area contributed by atoms with Gasteiger partial charge in [0, 0.05) is 17.3 Å². The lowest BCUT2D eigenvalue weighted by Gasteiger charge is -2.04. The van der Waals surface area contributed by atoms with Crippen molar-refractivity contribution in [2.45, 2.75) is 12.5 Å². The van der Waals surface area contributed by atoms with Crippen LogP contribution in [-0.2, 0) is 4.79 Å². The summed E-state index contributed by atoms with van der Waals surface area (Å²) in [5.74, 6) is -0.368. The molecule has 66 valence electrons. The summed E-state index contributed by atoms with van der Waals surface area (Å²) in [6, 6.07) is 3.53. The molecule has 0 saturated carbocycles. The molecule has 0 aliphatic carbocycles. The van der Waals surface area contributed by atoms with Crippen LogP contribution in [0.4, 0.5) is 0 Å². The van der Waals surface area contributed by atoms with Crippen LogP contribution in [0.5, 0.6) is 0 Å². The molecule has 1 unspecified atom stereocenters. The van der Waals surface area contributed by atoms with Crippen molar-refractivity contribution in [1.29, 1.82) is 0 Å². The summed E-state index contributed by atoms with van der Waals surface area (Å²) in [6.07, 6.45) is 0.201. The summed E-state index contributed by atoms with van der Waals surface area (Å²) in [6.45, 7) is 0. The molecule has 1 aromatic rings. The highest BCUT2D eigenvalue weighted by Gasteiger charge is 2.10. The lowest BCUT2D eigenvalue weighted by Crippen LogP contribution is -2.19. The molecule has 0 aliphatic heterocycles. The van der Waals surface area contributed by atoms with Crippen molar-refractivity contribution in [2.75, 3.05) is 0 Å². The number of carbonyl (C=O) groups is 1. The Balaban J connectivity index is 2.64. The minimum Gasteiger partial charge on any atom is -0.370 e. The molecule has 1 amide bonds. The average Bonchev–Trinajstić information content (AvgIpc) is 2.34. The molecule has 0 fully saturated rings. The first-order chi connectivity index (χ1) is 5.59. The third kappa shape index (κ3) is 2.58. The maximum absolute atomic E-state index is 10.5. The van der Waals surface area contributed by atoms with Gasteiger partial charge in [-0.1, -0.05) is 0 Å². The first kappa shape index (κ1) is 9.70. The van der Waals surface area contributed by atoms with Gasteiger partial charge >= 0.3 is 0 Å². The summed E-state index contributed by atoms with van der Waals surface area (Å²) in [7, 11) is 0. The zero-order valence-corrected chi connectivity index (χ0v) is 8.69. The van der Waals surface area contributed by atoms with E-state index in [9.17, 15) is 4.79 Å². The highest BCUT2D eigenvalue weighted by atomic mass is 79.9. The van der Waals surface area contributed by atoms with E-state index in [0.717, 1.165) is 8.66 Å². The maximum Gasteiger partial charge on any atom is 0.219 e. The Labute approximate surface area is 82.9 Å². The molecule has 0 aliphatic rings. The van der Waals surface area contributed by atoms with Gasteiger partial charge in [0.15, 0.2) is 0 Å². The van der Waals surface area contributed by atoms with Gasteiger partial charge in [0.1, 0.15) is 0 Å². The van der Waals surface area contributed by atoms with E-state index in [1.54, 1.807) is 0 Å². The molecule has 1 rings (SSSR count). The predicted octanol–water partition coefficient (Wildman–Crippen LogP) is 1.39. The molecule has 5 heteroatoms. The molecule has 0 saturated heterocycles. The number of rotatable bonds is 3. The van der Waals surface area contributed by atoms with Crippen LogP contribution in [0.2, 0.25) is 0 Å². The first-order valence-corrected chi connectivity index (χ1v) is 4.99. The van der Waals surface area contributed by atoms with Crippen LogP contribution < -0.4 is 11.5 Å². The third-order valence-corrected chi connectivity index (χ3v) is 3.14. The topological polar surface area (TPSA) is 69.1 Å². The van der Waals surface area contributed by atoms with Gasteiger partial charge in [0.25, 0.3) is 0 Å². The molecule has 1 atom stereocenters. The smallest absolute Gasteiger partial charge is 0.219 e. The maximum atomic E-state index is 10.5. The highest BCUT2D eigenvalue weighted by molar-refractivity contribution is 9.11. The number of halogens is 1. The Kier molecular flexibility index (Phi) is 3.25. The normalized spacial score (nSPS) is 12.8. The molecule has 1 aromatic heterocycles. The minimum absolute atomic E-state index is 0.201. The van der Waals surface area contributed by atoms with Crippen molar-refractivity contribution >= 4 is 33.2 Å². The van der Waals surface area contributed by atoms with E-state index in [2.05, 4.69) is 15.9 Å². The summed E-state index contributed by atoms with van der Waals surface area (Å²) in [4.78, 5) is 11.5. The van der Waals surface area contributed by atoms with Gasteiger partial charge in [-0.3, -0.25) is 4.79 Å². The van der Waals surface area contributed by atoms with Crippen LogP contribution in [0.1, 0.15) is 17.3 Å². The number of carbonyl (C=O) groups excluding carboxylic acids is 1. The van der Waals surface area contributed by atoms with E-state index < -0.39 is 0 Å². The van der Waals surface area contributed by atoms with E-state index >= 15 is 0 Å². The lowest BCUT2D eigenvalue weighted by atomic mass is 10.2. The molecule has 0 radical (unpaired) electrons. The summed E-state index contributed by atoms with van der Waals surface area (Å²) in [5, 5.41) is 0. The van der Waals surface area contributed by atoms with Crippen LogP contribution in [0, 0.1) is 0 Å². The Bertz CT molecular complexity index is 287. The van der Waals surface area contributed by atoms with Gasteiger partial charge in [0.2, 0.25) is 5.91 Å². The molecule has 12 heavy (non-hydrogen) atoms. The quantitative estimate of drug-likeness (QED) is 0.849. The largest absolute Gasteiger partial charge is 0.370 e. The monoisotopic (exact) mass is 248 g/mol. The fraction of sp³-hybridized carbons (Fsp3) is 0.286. The Hall–Kier alpha value is -0.390. The van der Waals surface area contributed by atoms with E-state index in [1.165, 1.54) is 11.3 Å². The van der Waals surface area contributed by atoms with Crippen molar-refractivity contribution in [2.24, 2.45) is 11.5 Å². The second kappa shape index (κ2) is 4.02. The molecule has 4 N–H and O–H groups in total. The van der Waals surface area contributed by atoms with Crippen LogP contribution in [0.15, 0.2) is 15.9 Å². The molecular formula is C7H9BrN2OS. The SMILES string of the molecule is NC(=O)CC(N)c1ccc(Br)s1. The third-order valence-electron chi connectivity index (χ3n) is 1.38. The number of primary amides is 1. The molecule has 3 nitrogen and oxygen atoms in total. The zero-order valence-electron chi connectivity index (χ0n) is 6.29. The molecule has 0 spiro atoms. The minimum atomic E-state index is -0.368. The first-order valence-electron chi connectivity index (χ1n) is 3.38. The van der Waals surface area contributed by atoms with Gasteiger partial charge in [-0.2, -0.15) is 0 Å². The number of nitrogens with two attached hydrogens (primary N) is 2. The van der Waals surface area contributed by atoms with Crippen LogP contribution in [0.25, 0.3) is 0 Å². The lowest BCUT2D eigenvalue weighted by molar-refractivity contribution is -0.118. The van der Waals surface area contributed by atoms with Crippen LogP contribution in [0.3, 0.4) is 0 Å². The second-order valence-corrected chi connectivity index (χ2v) is 4.91. The van der Waals surface area contributed by atoms with Gasteiger partial charge < -0.3 is 11.5 Å². The Morgan fingerprint density at radius 3 is 2.75 bits per heavy atom. The zero-order chi connectivity index (χ0) is 9.14. The fourth-order valence-electron chi connectivity index (χ4n) is 0.845. The van der Waals surface area contributed by atoms with Crippen molar-refractivity contribution in [3.63, 3.8) is 0 Å². The molecular weight excluding hydrogens is 240 g/mol. The summed E-state index contributed by atoms with van der Waals surface area (Å²) >= 11 is 4.84. The predicted molar refractivity (Wildman–Crippen MR) is 52.8 cm³/mol. The second-order valence-electron chi connectivity index (χ2n) is 2.42. The number of hydrogen-bond acceptors (Lipinski definition) is 3. The van der Waals surface area contributed by atoms with Gasteiger partial charge in [0.05, 0.1) is 3.79 Å². The summed E-state index contributed by atoms with van der Waals surface area (Å²) < 4.78 is 1.01. The van der Waals surface area contributed by atoms with Crippen LogP contribution >= 0.6 is 27.3 Å². The van der Waals surface area contributed by atoms with Gasteiger partial charge in [-0.25, -0.2) is 0 Å². The van der Waals surface area contributed by atoms with Crippen LogP contribution in [-0.4, -0.2) is 5.91 Å². The van der Waals surface area contributed by atoms with Crippen molar-refractivity contribution < 1.29 is 4.79 Å². The van der Waals surface area contributed by atoms with Crippen molar-refractivity contribution in [3.05, 3.63) is 20.8 Å². The van der Waals surface area contributed by atoms with Crippen molar-refractivity contribution in [1.82, 2.24) is 0 Å². The summed E-state index contributed by atoms with van der Waals surface area (Å²) in [5.41, 5.74) is 10.7. The molecule has 0 aromatic carbocycles. The molecule has 0 bridgehead atoms. The Morgan fingerprint density at radius 1 is 1.67 bits per heavy atom.